The number of aromatic nitrogens is 2. The van der Waals surface area contributed by atoms with E-state index in [1.54, 1.807) is 18.2 Å². The highest BCUT2D eigenvalue weighted by molar-refractivity contribution is 5.79. The molecular formula is C13H12F3N3O. The van der Waals surface area contributed by atoms with Gasteiger partial charge >= 0.3 is 6.18 Å². The molecule has 4 nitrogen and oxygen atoms in total. The highest BCUT2D eigenvalue weighted by Gasteiger charge is 2.38. The van der Waals surface area contributed by atoms with Gasteiger partial charge in [0, 0.05) is 13.0 Å². The fourth-order valence-electron chi connectivity index (χ4n) is 2.46. The molecule has 0 N–H and O–H groups in total. The summed E-state index contributed by atoms with van der Waals surface area (Å²) in [6.45, 7) is 0.386. The van der Waals surface area contributed by atoms with Crippen molar-refractivity contribution in [3.63, 3.8) is 0 Å². The van der Waals surface area contributed by atoms with Gasteiger partial charge in [0.1, 0.15) is 0 Å². The van der Waals surface area contributed by atoms with Crippen LogP contribution in [0.25, 0.3) is 11.0 Å². The first-order valence-corrected chi connectivity index (χ1v) is 6.27. The van der Waals surface area contributed by atoms with E-state index in [2.05, 4.69) is 4.98 Å². The molecule has 0 unspecified atom stereocenters. The Morgan fingerprint density at radius 2 is 2.00 bits per heavy atom. The van der Waals surface area contributed by atoms with Gasteiger partial charge in [-0.3, -0.25) is 4.79 Å². The van der Waals surface area contributed by atoms with E-state index in [9.17, 15) is 18.0 Å². The van der Waals surface area contributed by atoms with E-state index in [1.165, 1.54) is 11.0 Å². The van der Waals surface area contributed by atoms with Crippen molar-refractivity contribution in [2.75, 3.05) is 6.54 Å². The molecule has 7 heteroatoms. The van der Waals surface area contributed by atoms with Crippen molar-refractivity contribution >= 4 is 16.9 Å². The molecule has 0 aliphatic carbocycles. The average molecular weight is 283 g/mol. The molecule has 1 aromatic heterocycles. The number of benzene rings is 1. The van der Waals surface area contributed by atoms with E-state index in [-0.39, 0.29) is 18.1 Å². The standard InChI is InChI=1S/C13H12F3N3O/c14-13(15,16)12-17-9-4-1-2-5-10(9)19(12)8-18-7-3-6-11(18)20/h1-2,4-5H,3,6-8H2. The molecule has 0 bridgehead atoms. The summed E-state index contributed by atoms with van der Waals surface area (Å²) in [6, 6.07) is 6.41. The number of rotatable bonds is 2. The molecule has 1 aromatic carbocycles. The van der Waals surface area contributed by atoms with Crippen LogP contribution in [0.4, 0.5) is 13.2 Å². The lowest BCUT2D eigenvalue weighted by atomic mass is 10.3. The van der Waals surface area contributed by atoms with Crippen molar-refractivity contribution in [3.8, 4) is 0 Å². The second kappa shape index (κ2) is 4.50. The second-order valence-electron chi connectivity index (χ2n) is 4.75. The minimum Gasteiger partial charge on any atom is -0.325 e. The molecule has 1 amide bonds. The maximum absolute atomic E-state index is 13.1. The molecule has 1 saturated heterocycles. The molecule has 0 atom stereocenters. The number of fused-ring (bicyclic) bond motifs is 1. The summed E-state index contributed by atoms with van der Waals surface area (Å²) in [7, 11) is 0. The summed E-state index contributed by atoms with van der Waals surface area (Å²) in [6.07, 6.45) is -3.46. The van der Waals surface area contributed by atoms with Gasteiger partial charge in [0.25, 0.3) is 0 Å². The highest BCUT2D eigenvalue weighted by Crippen LogP contribution is 2.32. The molecule has 20 heavy (non-hydrogen) atoms. The van der Waals surface area contributed by atoms with Crippen molar-refractivity contribution in [2.24, 2.45) is 0 Å². The molecule has 0 radical (unpaired) electrons. The molecule has 1 fully saturated rings. The van der Waals surface area contributed by atoms with Gasteiger partial charge in [-0.1, -0.05) is 12.1 Å². The normalized spacial score (nSPS) is 16.4. The smallest absolute Gasteiger partial charge is 0.325 e. The maximum atomic E-state index is 13.1. The van der Waals surface area contributed by atoms with E-state index < -0.39 is 12.0 Å². The van der Waals surface area contributed by atoms with Crippen LogP contribution < -0.4 is 0 Å². The van der Waals surface area contributed by atoms with Crippen LogP contribution >= 0.6 is 0 Å². The van der Waals surface area contributed by atoms with E-state index in [0.29, 0.717) is 24.9 Å². The summed E-state index contributed by atoms with van der Waals surface area (Å²) >= 11 is 0. The average Bonchev–Trinajstić information content (AvgIpc) is 2.95. The number of amides is 1. The van der Waals surface area contributed by atoms with E-state index in [0.717, 1.165) is 4.57 Å². The fraction of sp³-hybridized carbons (Fsp3) is 0.385. The Kier molecular flexibility index (Phi) is 2.92. The molecule has 1 aliphatic rings. The largest absolute Gasteiger partial charge is 0.449 e. The van der Waals surface area contributed by atoms with Crippen molar-refractivity contribution in [2.45, 2.75) is 25.7 Å². The zero-order valence-corrected chi connectivity index (χ0v) is 10.5. The maximum Gasteiger partial charge on any atom is 0.449 e. The third-order valence-corrected chi connectivity index (χ3v) is 3.39. The number of nitrogens with zero attached hydrogens (tertiary/aromatic N) is 3. The molecular weight excluding hydrogens is 271 g/mol. The predicted molar refractivity (Wildman–Crippen MR) is 65.7 cm³/mol. The Morgan fingerprint density at radius 1 is 1.25 bits per heavy atom. The third-order valence-electron chi connectivity index (χ3n) is 3.39. The van der Waals surface area contributed by atoms with Crippen molar-refractivity contribution in [1.29, 1.82) is 0 Å². The van der Waals surface area contributed by atoms with Crippen LogP contribution in [0, 0.1) is 0 Å². The molecule has 0 spiro atoms. The van der Waals surface area contributed by atoms with Crippen molar-refractivity contribution < 1.29 is 18.0 Å². The van der Waals surface area contributed by atoms with Crippen LogP contribution in [0.1, 0.15) is 18.7 Å². The van der Waals surface area contributed by atoms with Gasteiger partial charge in [0.05, 0.1) is 17.7 Å². The Hall–Kier alpha value is -2.05. The lowest BCUT2D eigenvalue weighted by Gasteiger charge is -2.19. The number of alkyl halides is 3. The zero-order valence-electron chi connectivity index (χ0n) is 10.5. The van der Waals surface area contributed by atoms with Crippen LogP contribution in [0.5, 0.6) is 0 Å². The summed E-state index contributed by atoms with van der Waals surface area (Å²) in [4.78, 5) is 16.7. The Balaban J connectivity index is 2.09. The fourth-order valence-corrected chi connectivity index (χ4v) is 2.46. The molecule has 106 valence electrons. The molecule has 2 heterocycles. The lowest BCUT2D eigenvalue weighted by Crippen LogP contribution is -2.29. The van der Waals surface area contributed by atoms with Crippen molar-refractivity contribution in [1.82, 2.24) is 14.5 Å². The van der Waals surface area contributed by atoms with Crippen LogP contribution in [-0.2, 0) is 17.6 Å². The van der Waals surface area contributed by atoms with Crippen LogP contribution in [0.15, 0.2) is 24.3 Å². The summed E-state index contributed by atoms with van der Waals surface area (Å²) in [5.41, 5.74) is 0.672. The highest BCUT2D eigenvalue weighted by atomic mass is 19.4. The zero-order chi connectivity index (χ0) is 14.3. The summed E-state index contributed by atoms with van der Waals surface area (Å²) in [5.74, 6) is -1.07. The summed E-state index contributed by atoms with van der Waals surface area (Å²) < 4.78 is 40.3. The van der Waals surface area contributed by atoms with Crippen molar-refractivity contribution in [3.05, 3.63) is 30.1 Å². The molecule has 2 aromatic rings. The van der Waals surface area contributed by atoms with E-state index in [1.807, 2.05) is 0 Å². The third kappa shape index (κ3) is 2.13. The van der Waals surface area contributed by atoms with E-state index in [4.69, 9.17) is 0 Å². The number of imidazole rings is 1. The van der Waals surface area contributed by atoms with Gasteiger partial charge in [0.2, 0.25) is 11.7 Å². The van der Waals surface area contributed by atoms with Crippen LogP contribution in [0.3, 0.4) is 0 Å². The monoisotopic (exact) mass is 283 g/mol. The summed E-state index contributed by atoms with van der Waals surface area (Å²) in [5, 5.41) is 0. The molecule has 1 aliphatic heterocycles. The quantitative estimate of drug-likeness (QED) is 0.849. The first-order chi connectivity index (χ1) is 9.47. The minimum absolute atomic E-state index is 0.103. The number of halogens is 3. The number of likely N-dealkylation sites (tertiary alicyclic amines) is 1. The lowest BCUT2D eigenvalue weighted by molar-refractivity contribution is -0.149. The van der Waals surface area contributed by atoms with Gasteiger partial charge in [-0.15, -0.1) is 0 Å². The Labute approximate surface area is 112 Å². The first-order valence-electron chi connectivity index (χ1n) is 6.27. The van der Waals surface area contributed by atoms with E-state index >= 15 is 0 Å². The first kappa shape index (κ1) is 13.0. The molecule has 0 saturated carbocycles. The van der Waals surface area contributed by atoms with Crippen LogP contribution in [-0.4, -0.2) is 26.9 Å². The predicted octanol–water partition coefficient (Wildman–Crippen LogP) is 2.64. The number of hydrogen-bond donors (Lipinski definition) is 0. The number of para-hydroxylation sites is 2. The Bertz CT molecular complexity index is 662. The van der Waals surface area contributed by atoms with Gasteiger partial charge in [-0.05, 0) is 18.6 Å². The number of hydrogen-bond acceptors (Lipinski definition) is 2. The van der Waals surface area contributed by atoms with Gasteiger partial charge in [-0.25, -0.2) is 4.98 Å². The van der Waals surface area contributed by atoms with Gasteiger partial charge in [0.15, 0.2) is 0 Å². The molecule has 3 rings (SSSR count). The van der Waals surface area contributed by atoms with Gasteiger partial charge in [-0.2, -0.15) is 13.2 Å². The van der Waals surface area contributed by atoms with Gasteiger partial charge < -0.3 is 9.47 Å². The number of carbonyl (C=O) groups excluding carboxylic acids is 1. The Morgan fingerprint density at radius 3 is 2.65 bits per heavy atom. The second-order valence-corrected chi connectivity index (χ2v) is 4.75. The number of carbonyl (C=O) groups is 1. The minimum atomic E-state index is -4.54. The topological polar surface area (TPSA) is 38.1 Å². The van der Waals surface area contributed by atoms with Crippen LogP contribution in [0.2, 0.25) is 0 Å². The SMILES string of the molecule is O=C1CCCN1Cn1c(C(F)(F)F)nc2ccccc21.